The molecule has 0 spiro atoms. The summed E-state index contributed by atoms with van der Waals surface area (Å²) in [6, 6.07) is 6.05. The predicted molar refractivity (Wildman–Crippen MR) is 126 cm³/mol. The Morgan fingerprint density at radius 3 is 2.64 bits per heavy atom. The monoisotopic (exact) mass is 452 g/mol. The van der Waals surface area contributed by atoms with Crippen molar-refractivity contribution in [3.63, 3.8) is 0 Å². The van der Waals surface area contributed by atoms with Gasteiger partial charge in [0, 0.05) is 12.5 Å². The number of fused-ring (bicyclic) bond motifs is 5. The molecular weight excluding hydrogens is 415 g/mol. The van der Waals surface area contributed by atoms with Gasteiger partial charge in [-0.3, -0.25) is 9.59 Å². The third kappa shape index (κ3) is 3.88. The smallest absolute Gasteiger partial charge is 0.302 e. The number of esters is 1. The second-order valence-corrected chi connectivity index (χ2v) is 11.7. The van der Waals surface area contributed by atoms with E-state index in [2.05, 4.69) is 13.8 Å². The van der Waals surface area contributed by atoms with E-state index in [-0.39, 0.29) is 29.1 Å². The first-order valence-corrected chi connectivity index (χ1v) is 12.9. The summed E-state index contributed by atoms with van der Waals surface area (Å²) < 4.78 is 19.2. The van der Waals surface area contributed by atoms with Crippen molar-refractivity contribution in [2.75, 3.05) is 0 Å². The molecular formula is C29H37FO3. The van der Waals surface area contributed by atoms with Gasteiger partial charge >= 0.3 is 5.97 Å². The number of hydrogen-bond acceptors (Lipinski definition) is 3. The molecule has 0 saturated heterocycles. The lowest BCUT2D eigenvalue weighted by atomic mass is 9.45. The molecule has 0 bridgehead atoms. The van der Waals surface area contributed by atoms with Crippen LogP contribution >= 0.6 is 0 Å². The molecule has 0 radical (unpaired) electrons. The lowest BCUT2D eigenvalue weighted by Crippen LogP contribution is -2.53. The Bertz CT molecular complexity index is 983. The molecule has 5 rings (SSSR count). The molecule has 3 nitrogen and oxygen atoms in total. The van der Waals surface area contributed by atoms with Crippen LogP contribution < -0.4 is 0 Å². The largest absolute Gasteiger partial charge is 0.463 e. The first-order chi connectivity index (χ1) is 15.7. The van der Waals surface area contributed by atoms with Crippen LogP contribution in [0, 0.1) is 40.3 Å². The summed E-state index contributed by atoms with van der Waals surface area (Å²) in [4.78, 5) is 24.4. The third-order valence-corrected chi connectivity index (χ3v) is 10.2. The van der Waals surface area contributed by atoms with E-state index in [0.29, 0.717) is 28.7 Å². The molecule has 7 atom stereocenters. The number of carbonyl (C=O) groups excluding carboxylic acids is 2. The Morgan fingerprint density at radius 2 is 1.88 bits per heavy atom. The zero-order valence-corrected chi connectivity index (χ0v) is 20.2. The highest BCUT2D eigenvalue weighted by molar-refractivity contribution is 6.05. The molecule has 4 heteroatoms. The molecule has 33 heavy (non-hydrogen) atoms. The van der Waals surface area contributed by atoms with E-state index in [9.17, 15) is 14.0 Å². The Kier molecular flexibility index (Phi) is 5.77. The van der Waals surface area contributed by atoms with Crippen LogP contribution in [0.3, 0.4) is 0 Å². The van der Waals surface area contributed by atoms with Gasteiger partial charge in [-0.05, 0) is 110 Å². The van der Waals surface area contributed by atoms with Crippen molar-refractivity contribution in [2.45, 2.75) is 84.7 Å². The second-order valence-electron chi connectivity index (χ2n) is 11.7. The zero-order chi connectivity index (χ0) is 23.4. The summed E-state index contributed by atoms with van der Waals surface area (Å²) in [5.41, 5.74) is 2.15. The van der Waals surface area contributed by atoms with Crippen LogP contribution in [0.4, 0.5) is 4.39 Å². The first-order valence-electron chi connectivity index (χ1n) is 12.9. The van der Waals surface area contributed by atoms with E-state index < -0.39 is 0 Å². The van der Waals surface area contributed by atoms with Crippen molar-refractivity contribution >= 4 is 11.8 Å². The summed E-state index contributed by atoms with van der Waals surface area (Å²) >= 11 is 0. The maximum atomic E-state index is 13.6. The Morgan fingerprint density at radius 1 is 1.06 bits per heavy atom. The number of carbonyl (C=O) groups is 2. The molecule has 4 aliphatic rings. The Balaban J connectivity index is 1.35. The quantitative estimate of drug-likeness (QED) is 0.284. The predicted octanol–water partition coefficient (Wildman–Crippen LogP) is 6.91. The molecule has 4 aliphatic carbocycles. The SMILES string of the molecule is CC(=O)O[C@H]1CC[C@@]2(C)[C@@H](CC[C@@H]3[C@@H]2CC[C@]2(C)/C(=C/C(=O)c4cccc(F)c4)CC[C@@H]32)C1. The van der Waals surface area contributed by atoms with Crippen molar-refractivity contribution in [1.29, 1.82) is 0 Å². The number of allylic oxidation sites excluding steroid dienone is 2. The summed E-state index contributed by atoms with van der Waals surface area (Å²) in [7, 11) is 0. The zero-order valence-electron chi connectivity index (χ0n) is 20.2. The minimum absolute atomic E-state index is 0.0621. The van der Waals surface area contributed by atoms with Crippen molar-refractivity contribution in [3.8, 4) is 0 Å². The highest BCUT2D eigenvalue weighted by atomic mass is 19.1. The van der Waals surface area contributed by atoms with E-state index in [0.717, 1.165) is 44.4 Å². The highest BCUT2D eigenvalue weighted by Crippen LogP contribution is 2.67. The fourth-order valence-corrected chi connectivity index (χ4v) is 8.53. The highest BCUT2D eigenvalue weighted by Gasteiger charge is 2.59. The molecule has 0 aromatic heterocycles. The van der Waals surface area contributed by atoms with Gasteiger partial charge in [-0.25, -0.2) is 4.39 Å². The van der Waals surface area contributed by atoms with E-state index >= 15 is 0 Å². The Labute approximate surface area is 197 Å². The molecule has 4 saturated carbocycles. The van der Waals surface area contributed by atoms with Gasteiger partial charge in [0.25, 0.3) is 0 Å². The van der Waals surface area contributed by atoms with E-state index in [1.807, 2.05) is 6.08 Å². The lowest BCUT2D eigenvalue weighted by Gasteiger charge is -2.60. The van der Waals surface area contributed by atoms with Crippen molar-refractivity contribution in [3.05, 3.63) is 47.3 Å². The van der Waals surface area contributed by atoms with Gasteiger partial charge in [0.1, 0.15) is 11.9 Å². The molecule has 4 fully saturated rings. The average molecular weight is 453 g/mol. The number of halogens is 1. The van der Waals surface area contributed by atoms with Crippen molar-refractivity contribution in [1.82, 2.24) is 0 Å². The van der Waals surface area contributed by atoms with E-state index in [4.69, 9.17) is 4.74 Å². The fraction of sp³-hybridized carbons (Fsp3) is 0.655. The summed E-state index contributed by atoms with van der Waals surface area (Å²) in [5, 5.41) is 0. The fourth-order valence-electron chi connectivity index (χ4n) is 8.53. The van der Waals surface area contributed by atoms with Gasteiger partial charge in [-0.1, -0.05) is 31.6 Å². The van der Waals surface area contributed by atoms with Crippen LogP contribution in [0.1, 0.15) is 88.9 Å². The normalized spacial score (nSPS) is 41.1. The van der Waals surface area contributed by atoms with Gasteiger partial charge in [0.05, 0.1) is 0 Å². The van der Waals surface area contributed by atoms with Crippen molar-refractivity contribution in [2.24, 2.45) is 34.5 Å². The number of ether oxygens (including phenoxy) is 1. The van der Waals surface area contributed by atoms with Crippen LogP contribution in [0.2, 0.25) is 0 Å². The molecule has 0 heterocycles. The molecule has 0 aliphatic heterocycles. The average Bonchev–Trinajstić information content (AvgIpc) is 3.10. The van der Waals surface area contributed by atoms with Crippen LogP contribution in [-0.4, -0.2) is 17.9 Å². The van der Waals surface area contributed by atoms with Gasteiger partial charge in [0.15, 0.2) is 5.78 Å². The standard InChI is InChI=1S/C29H37FO3/c1-18(31)33-23-11-13-28(2)20(16-23)7-9-24-25-10-8-21(29(25,3)14-12-26(24)28)17-27(32)19-5-4-6-22(30)15-19/h4-6,15,17,20,23-26H,7-14,16H2,1-3H3/b21-17+/t20-,23-,24-,25-,26-,28-,29+/m0/s1. The number of benzene rings is 1. The van der Waals surface area contributed by atoms with Crippen LogP contribution in [0.25, 0.3) is 0 Å². The second kappa shape index (κ2) is 8.36. The maximum absolute atomic E-state index is 13.6. The summed E-state index contributed by atoms with van der Waals surface area (Å²) in [5.74, 6) is 2.15. The van der Waals surface area contributed by atoms with Crippen molar-refractivity contribution < 1.29 is 18.7 Å². The topological polar surface area (TPSA) is 43.4 Å². The number of ketones is 1. The molecule has 1 aromatic rings. The molecule has 178 valence electrons. The van der Waals surface area contributed by atoms with Crippen LogP contribution in [0.15, 0.2) is 35.9 Å². The molecule has 0 N–H and O–H groups in total. The first kappa shape index (κ1) is 22.8. The van der Waals surface area contributed by atoms with Gasteiger partial charge in [0.2, 0.25) is 0 Å². The van der Waals surface area contributed by atoms with Gasteiger partial charge in [-0.15, -0.1) is 0 Å². The molecule has 0 amide bonds. The summed E-state index contributed by atoms with van der Waals surface area (Å²) in [6.07, 6.45) is 12.1. The van der Waals surface area contributed by atoms with Gasteiger partial charge < -0.3 is 4.74 Å². The summed E-state index contributed by atoms with van der Waals surface area (Å²) in [6.45, 7) is 6.43. The van der Waals surface area contributed by atoms with E-state index in [1.54, 1.807) is 12.1 Å². The van der Waals surface area contributed by atoms with Gasteiger partial charge in [-0.2, -0.15) is 0 Å². The third-order valence-electron chi connectivity index (χ3n) is 10.2. The molecule has 1 aromatic carbocycles. The van der Waals surface area contributed by atoms with Crippen LogP contribution in [-0.2, 0) is 9.53 Å². The minimum atomic E-state index is -0.358. The van der Waals surface area contributed by atoms with E-state index in [1.165, 1.54) is 43.9 Å². The minimum Gasteiger partial charge on any atom is -0.463 e. The maximum Gasteiger partial charge on any atom is 0.302 e. The lowest BCUT2D eigenvalue weighted by molar-refractivity contribution is -0.158. The van der Waals surface area contributed by atoms with Crippen LogP contribution in [0.5, 0.6) is 0 Å². The Hall–Kier alpha value is -1.97. The molecule has 0 unspecified atom stereocenters. The number of rotatable bonds is 3. The number of hydrogen-bond donors (Lipinski definition) is 0.